The lowest BCUT2D eigenvalue weighted by molar-refractivity contribution is -0.389. The first-order chi connectivity index (χ1) is 8.90. The zero-order valence-corrected chi connectivity index (χ0v) is 10.8. The summed E-state index contributed by atoms with van der Waals surface area (Å²) in [7, 11) is 0. The molecule has 19 heavy (non-hydrogen) atoms. The van der Waals surface area contributed by atoms with E-state index in [1.165, 1.54) is 6.07 Å². The minimum absolute atomic E-state index is 0.0413. The quantitative estimate of drug-likeness (QED) is 0.644. The largest absolute Gasteiger partial charge is 0.364 e. The lowest BCUT2D eigenvalue weighted by Crippen LogP contribution is -2.30. The molecule has 1 aromatic rings. The van der Waals surface area contributed by atoms with Crippen molar-refractivity contribution in [1.29, 1.82) is 0 Å². The Morgan fingerprint density at radius 3 is 2.74 bits per heavy atom. The summed E-state index contributed by atoms with van der Waals surface area (Å²) in [6, 6.07) is 2.35. The molecule has 1 heterocycles. The first kappa shape index (κ1) is 14.7. The van der Waals surface area contributed by atoms with Gasteiger partial charge in [-0.25, -0.2) is 0 Å². The zero-order valence-electron chi connectivity index (χ0n) is 10.8. The molecule has 0 aliphatic carbocycles. The smallest absolute Gasteiger partial charge is 0.358 e. The highest BCUT2D eigenvalue weighted by atomic mass is 16.6. The first-order valence-electron chi connectivity index (χ1n) is 5.84. The molecule has 0 bridgehead atoms. The average molecular weight is 265 g/mol. The van der Waals surface area contributed by atoms with E-state index < -0.39 is 22.6 Å². The molecule has 0 spiro atoms. The Labute approximate surface area is 110 Å². The van der Waals surface area contributed by atoms with Crippen LogP contribution in [0.25, 0.3) is 0 Å². The van der Waals surface area contributed by atoms with Crippen molar-refractivity contribution < 1.29 is 14.5 Å². The molecule has 0 saturated heterocycles. The second kappa shape index (κ2) is 6.58. The van der Waals surface area contributed by atoms with Crippen LogP contribution in [0.3, 0.4) is 0 Å². The molecule has 0 aromatic carbocycles. The maximum atomic E-state index is 11.7. The Morgan fingerprint density at radius 2 is 2.16 bits per heavy atom. The number of pyridine rings is 1. The lowest BCUT2D eigenvalue weighted by Gasteiger charge is -2.05. The third-order valence-corrected chi connectivity index (χ3v) is 2.40. The summed E-state index contributed by atoms with van der Waals surface area (Å²) in [5, 5.41) is 12.7. The van der Waals surface area contributed by atoms with Gasteiger partial charge in [-0.3, -0.25) is 14.9 Å². The third kappa shape index (κ3) is 4.82. The third-order valence-electron chi connectivity index (χ3n) is 2.40. The second-order valence-corrected chi connectivity index (χ2v) is 4.47. The van der Waals surface area contributed by atoms with Crippen LogP contribution in [0, 0.1) is 16.0 Å². The van der Waals surface area contributed by atoms with E-state index in [4.69, 9.17) is 0 Å². The first-order valence-corrected chi connectivity index (χ1v) is 5.84. The van der Waals surface area contributed by atoms with E-state index in [1.807, 2.05) is 13.8 Å². The zero-order chi connectivity index (χ0) is 14.4. The number of aromatic nitrogens is 1. The Bertz CT molecular complexity index is 500. The molecule has 7 heteroatoms. The molecule has 0 aliphatic rings. The normalized spacial score (nSPS) is 10.3. The maximum absolute atomic E-state index is 11.7. The molecule has 0 saturated carbocycles. The van der Waals surface area contributed by atoms with Crippen molar-refractivity contribution in [3.05, 3.63) is 34.0 Å². The highest BCUT2D eigenvalue weighted by Gasteiger charge is 2.15. The van der Waals surface area contributed by atoms with E-state index in [-0.39, 0.29) is 12.0 Å². The van der Waals surface area contributed by atoms with E-state index in [2.05, 4.69) is 10.3 Å². The predicted molar refractivity (Wildman–Crippen MR) is 67.4 cm³/mol. The number of hydrogen-bond donors (Lipinski definition) is 1. The van der Waals surface area contributed by atoms with Crippen molar-refractivity contribution in [1.82, 2.24) is 10.3 Å². The number of carbonyl (C=O) groups is 2. The van der Waals surface area contributed by atoms with E-state index >= 15 is 0 Å². The molecular formula is C12H15N3O4. The van der Waals surface area contributed by atoms with Crippen LogP contribution in [0.5, 0.6) is 0 Å². The summed E-state index contributed by atoms with van der Waals surface area (Å²) in [6.07, 6.45) is 2.08. The summed E-state index contributed by atoms with van der Waals surface area (Å²) in [5.74, 6) is -1.11. The van der Waals surface area contributed by atoms with Crippen molar-refractivity contribution in [2.45, 2.75) is 26.7 Å². The van der Waals surface area contributed by atoms with Crippen molar-refractivity contribution in [3.8, 4) is 0 Å². The van der Waals surface area contributed by atoms with Gasteiger partial charge in [0.1, 0.15) is 6.20 Å². The number of hydrogen-bond acceptors (Lipinski definition) is 5. The van der Waals surface area contributed by atoms with Crippen LogP contribution in [0.2, 0.25) is 0 Å². The van der Waals surface area contributed by atoms with Crippen LogP contribution in [0.1, 0.15) is 37.0 Å². The van der Waals surface area contributed by atoms with Crippen LogP contribution in [0.15, 0.2) is 18.3 Å². The highest BCUT2D eigenvalue weighted by Crippen LogP contribution is 2.09. The maximum Gasteiger partial charge on any atom is 0.364 e. The molecule has 0 unspecified atom stereocenters. The lowest BCUT2D eigenvalue weighted by atomic mass is 10.1. The van der Waals surface area contributed by atoms with Crippen LogP contribution < -0.4 is 5.32 Å². The Morgan fingerprint density at radius 1 is 1.47 bits per heavy atom. The van der Waals surface area contributed by atoms with E-state index in [0.29, 0.717) is 12.3 Å². The number of nitrogens with zero attached hydrogens (tertiary/aromatic N) is 2. The van der Waals surface area contributed by atoms with E-state index in [1.54, 1.807) is 0 Å². The van der Waals surface area contributed by atoms with Gasteiger partial charge in [0.2, 0.25) is 5.91 Å². The van der Waals surface area contributed by atoms with Gasteiger partial charge in [-0.1, -0.05) is 13.8 Å². The van der Waals surface area contributed by atoms with Gasteiger partial charge < -0.3 is 10.1 Å². The van der Waals surface area contributed by atoms with E-state index in [9.17, 15) is 19.7 Å². The number of amides is 2. The molecule has 0 radical (unpaired) electrons. The number of rotatable bonds is 5. The van der Waals surface area contributed by atoms with Gasteiger partial charge in [0.15, 0.2) is 0 Å². The van der Waals surface area contributed by atoms with Crippen LogP contribution in [-0.2, 0) is 4.79 Å². The molecule has 1 N–H and O–H groups in total. The Hall–Kier alpha value is -2.31. The summed E-state index contributed by atoms with van der Waals surface area (Å²) in [6.45, 7) is 3.95. The summed E-state index contributed by atoms with van der Waals surface area (Å²) >= 11 is 0. The minimum Gasteiger partial charge on any atom is -0.358 e. The topological polar surface area (TPSA) is 102 Å². The molecule has 102 valence electrons. The summed E-state index contributed by atoms with van der Waals surface area (Å²) in [4.78, 5) is 36.5. The van der Waals surface area contributed by atoms with Gasteiger partial charge in [0.25, 0.3) is 5.91 Å². The van der Waals surface area contributed by atoms with Crippen molar-refractivity contribution in [3.63, 3.8) is 0 Å². The van der Waals surface area contributed by atoms with Crippen molar-refractivity contribution in [2.24, 2.45) is 5.92 Å². The SMILES string of the molecule is CC(C)CCC(=O)NC(=O)c1ccnc([N+](=O)[O-])c1. The number of carbonyl (C=O) groups excluding carboxylic acids is 2. The van der Waals surface area contributed by atoms with Gasteiger partial charge in [-0.2, -0.15) is 0 Å². The fourth-order valence-electron chi connectivity index (χ4n) is 1.34. The fraction of sp³-hybridized carbons (Fsp3) is 0.417. The average Bonchev–Trinajstić information content (AvgIpc) is 2.36. The van der Waals surface area contributed by atoms with Gasteiger partial charge in [0, 0.05) is 12.5 Å². The molecule has 0 aliphatic heterocycles. The van der Waals surface area contributed by atoms with Gasteiger partial charge in [0.05, 0.1) is 5.56 Å². The summed E-state index contributed by atoms with van der Waals surface area (Å²) in [5.41, 5.74) is 0.0413. The monoisotopic (exact) mass is 265 g/mol. The van der Waals surface area contributed by atoms with Gasteiger partial charge in [-0.05, 0) is 28.3 Å². The van der Waals surface area contributed by atoms with Gasteiger partial charge >= 0.3 is 5.82 Å². The molecule has 7 nitrogen and oxygen atoms in total. The molecule has 0 atom stereocenters. The molecule has 1 aromatic heterocycles. The second-order valence-electron chi connectivity index (χ2n) is 4.47. The molecule has 1 rings (SSSR count). The van der Waals surface area contributed by atoms with Crippen LogP contribution in [-0.4, -0.2) is 21.7 Å². The molecule has 2 amide bonds. The molecule has 0 fully saturated rings. The predicted octanol–water partition coefficient (Wildman–Crippen LogP) is 1.68. The highest BCUT2D eigenvalue weighted by molar-refractivity contribution is 6.04. The van der Waals surface area contributed by atoms with Gasteiger partial charge in [-0.15, -0.1) is 0 Å². The standard InChI is InChI=1S/C12H15N3O4/c1-8(2)3-4-11(16)14-12(17)9-5-6-13-10(7-9)15(18)19/h5-8H,3-4H2,1-2H3,(H,14,16,17). The van der Waals surface area contributed by atoms with Crippen molar-refractivity contribution in [2.75, 3.05) is 0 Å². The molecular weight excluding hydrogens is 250 g/mol. The van der Waals surface area contributed by atoms with Crippen LogP contribution in [0.4, 0.5) is 5.82 Å². The number of nitrogens with one attached hydrogen (secondary N) is 1. The number of imide groups is 1. The fourth-order valence-corrected chi connectivity index (χ4v) is 1.34. The van der Waals surface area contributed by atoms with Crippen molar-refractivity contribution >= 4 is 17.6 Å². The van der Waals surface area contributed by atoms with Crippen LogP contribution >= 0.6 is 0 Å². The number of nitro groups is 1. The minimum atomic E-state index is -0.697. The summed E-state index contributed by atoms with van der Waals surface area (Å²) < 4.78 is 0. The Balaban J connectivity index is 2.65. The Kier molecular flexibility index (Phi) is 5.11. The van der Waals surface area contributed by atoms with E-state index in [0.717, 1.165) is 12.3 Å².